The molecule has 0 spiro atoms. The maximum atomic E-state index is 12.3. The number of carbonyl (C=O) groups is 2. The molecule has 1 aromatic carbocycles. The number of halogens is 1. The van der Waals surface area contributed by atoms with Gasteiger partial charge in [-0.3, -0.25) is 4.79 Å². The SMILES string of the molecule is COC(=O)C1CC(O)CN1C(=O)c1ccc(Cl)cc1. The van der Waals surface area contributed by atoms with Gasteiger partial charge in [0.05, 0.1) is 13.2 Å². The number of carbonyl (C=O) groups excluding carboxylic acids is 2. The fourth-order valence-electron chi connectivity index (χ4n) is 2.16. The maximum Gasteiger partial charge on any atom is 0.328 e. The summed E-state index contributed by atoms with van der Waals surface area (Å²) in [5.74, 6) is -0.831. The lowest BCUT2D eigenvalue weighted by Gasteiger charge is -2.22. The van der Waals surface area contributed by atoms with Crippen molar-refractivity contribution >= 4 is 23.5 Å². The van der Waals surface area contributed by atoms with Gasteiger partial charge in [-0.05, 0) is 24.3 Å². The second-order valence-electron chi connectivity index (χ2n) is 4.39. The van der Waals surface area contributed by atoms with Crippen LogP contribution >= 0.6 is 11.6 Å². The summed E-state index contributed by atoms with van der Waals surface area (Å²) in [6.45, 7) is 0.126. The molecule has 1 heterocycles. The largest absolute Gasteiger partial charge is 0.467 e. The number of ether oxygens (including phenoxy) is 1. The Kier molecular flexibility index (Phi) is 4.07. The molecule has 0 saturated carbocycles. The van der Waals surface area contributed by atoms with Gasteiger partial charge in [-0.1, -0.05) is 11.6 Å². The number of β-amino-alcohol motifs (C(OH)–C–C–N with tert-alkyl or cyclic N) is 1. The van der Waals surface area contributed by atoms with Gasteiger partial charge in [0.15, 0.2) is 0 Å². The molecule has 0 bridgehead atoms. The summed E-state index contributed by atoms with van der Waals surface area (Å²) in [4.78, 5) is 25.2. The molecule has 1 aromatic rings. The molecular formula is C13H14ClNO4. The van der Waals surface area contributed by atoms with E-state index in [0.29, 0.717) is 10.6 Å². The third kappa shape index (κ3) is 2.88. The van der Waals surface area contributed by atoms with E-state index in [1.54, 1.807) is 24.3 Å². The molecule has 1 amide bonds. The highest BCUT2D eigenvalue weighted by Gasteiger charge is 2.39. The standard InChI is InChI=1S/C13H14ClNO4/c1-19-13(18)11-6-10(16)7-15(11)12(17)8-2-4-9(14)5-3-8/h2-5,10-11,16H,6-7H2,1H3. The van der Waals surface area contributed by atoms with Crippen LogP contribution in [0.4, 0.5) is 0 Å². The Labute approximate surface area is 115 Å². The van der Waals surface area contributed by atoms with Crippen LogP contribution in [0.15, 0.2) is 24.3 Å². The first-order valence-corrected chi connectivity index (χ1v) is 6.23. The van der Waals surface area contributed by atoms with Crippen LogP contribution in [0.5, 0.6) is 0 Å². The van der Waals surface area contributed by atoms with Crippen molar-refractivity contribution in [2.24, 2.45) is 0 Å². The van der Waals surface area contributed by atoms with Gasteiger partial charge in [0, 0.05) is 23.6 Å². The molecule has 0 radical (unpaired) electrons. The van der Waals surface area contributed by atoms with Crippen molar-refractivity contribution in [1.29, 1.82) is 0 Å². The molecule has 0 aliphatic carbocycles. The van der Waals surface area contributed by atoms with Gasteiger partial charge >= 0.3 is 5.97 Å². The van der Waals surface area contributed by atoms with E-state index in [1.165, 1.54) is 12.0 Å². The summed E-state index contributed by atoms with van der Waals surface area (Å²) in [5, 5.41) is 10.2. The first-order valence-electron chi connectivity index (χ1n) is 5.85. The molecule has 1 N–H and O–H groups in total. The molecule has 19 heavy (non-hydrogen) atoms. The van der Waals surface area contributed by atoms with Gasteiger partial charge in [-0.25, -0.2) is 4.79 Å². The highest BCUT2D eigenvalue weighted by molar-refractivity contribution is 6.30. The van der Waals surface area contributed by atoms with E-state index >= 15 is 0 Å². The van der Waals surface area contributed by atoms with Gasteiger partial charge in [-0.15, -0.1) is 0 Å². The smallest absolute Gasteiger partial charge is 0.328 e. The highest BCUT2D eigenvalue weighted by atomic mass is 35.5. The van der Waals surface area contributed by atoms with Crippen molar-refractivity contribution in [3.05, 3.63) is 34.9 Å². The minimum atomic E-state index is -0.733. The van der Waals surface area contributed by atoms with Crippen LogP contribution in [0.1, 0.15) is 16.8 Å². The van der Waals surface area contributed by atoms with Crippen molar-refractivity contribution < 1.29 is 19.4 Å². The third-order valence-corrected chi connectivity index (χ3v) is 3.36. The zero-order valence-electron chi connectivity index (χ0n) is 10.4. The van der Waals surface area contributed by atoms with E-state index in [1.807, 2.05) is 0 Å². The summed E-state index contributed by atoms with van der Waals surface area (Å²) in [6, 6.07) is 5.65. The van der Waals surface area contributed by atoms with Crippen molar-refractivity contribution in [2.75, 3.05) is 13.7 Å². The Morgan fingerprint density at radius 2 is 2.00 bits per heavy atom. The predicted molar refractivity (Wildman–Crippen MR) is 68.9 cm³/mol. The molecule has 0 aromatic heterocycles. The Balaban J connectivity index is 2.21. The Bertz CT molecular complexity index is 488. The first kappa shape index (κ1) is 13.8. The fraction of sp³-hybridized carbons (Fsp3) is 0.385. The summed E-state index contributed by atoms with van der Waals surface area (Å²) < 4.78 is 4.65. The second kappa shape index (κ2) is 5.59. The Morgan fingerprint density at radius 1 is 1.37 bits per heavy atom. The van der Waals surface area contributed by atoms with Gasteiger partial charge in [-0.2, -0.15) is 0 Å². The number of nitrogens with zero attached hydrogens (tertiary/aromatic N) is 1. The Morgan fingerprint density at radius 3 is 2.58 bits per heavy atom. The van der Waals surface area contributed by atoms with Crippen molar-refractivity contribution in [3.63, 3.8) is 0 Å². The molecule has 2 unspecified atom stereocenters. The van der Waals surface area contributed by atoms with E-state index in [4.69, 9.17) is 11.6 Å². The number of rotatable bonds is 2. The van der Waals surface area contributed by atoms with Crippen molar-refractivity contribution in [1.82, 2.24) is 4.90 Å². The minimum Gasteiger partial charge on any atom is -0.467 e. The van der Waals surface area contributed by atoms with E-state index in [0.717, 1.165) is 0 Å². The monoisotopic (exact) mass is 283 g/mol. The molecular weight excluding hydrogens is 270 g/mol. The zero-order chi connectivity index (χ0) is 14.0. The van der Waals surface area contributed by atoms with Crippen molar-refractivity contribution in [2.45, 2.75) is 18.6 Å². The van der Waals surface area contributed by atoms with Gasteiger partial charge in [0.2, 0.25) is 0 Å². The number of hydrogen-bond acceptors (Lipinski definition) is 4. The lowest BCUT2D eigenvalue weighted by molar-refractivity contribution is -0.145. The number of aliphatic hydroxyl groups excluding tert-OH is 1. The third-order valence-electron chi connectivity index (χ3n) is 3.10. The predicted octanol–water partition coefficient (Wildman–Crippen LogP) is 1.09. The quantitative estimate of drug-likeness (QED) is 0.825. The van der Waals surface area contributed by atoms with E-state index in [-0.39, 0.29) is 18.9 Å². The normalized spacial score (nSPS) is 22.4. The summed E-state index contributed by atoms with van der Waals surface area (Å²) in [5.41, 5.74) is 0.424. The average molecular weight is 284 g/mol. The number of likely N-dealkylation sites (tertiary alicyclic amines) is 1. The molecule has 102 valence electrons. The minimum absolute atomic E-state index is 0.126. The van der Waals surface area contributed by atoms with E-state index in [9.17, 15) is 14.7 Å². The van der Waals surface area contributed by atoms with Crippen LogP contribution in [0.25, 0.3) is 0 Å². The summed E-state index contributed by atoms with van der Waals surface area (Å²) in [6.07, 6.45) is -0.508. The molecule has 1 saturated heterocycles. The second-order valence-corrected chi connectivity index (χ2v) is 4.83. The van der Waals surface area contributed by atoms with Gasteiger partial charge in [0.25, 0.3) is 5.91 Å². The van der Waals surface area contributed by atoms with Crippen LogP contribution in [-0.4, -0.2) is 47.7 Å². The number of hydrogen-bond donors (Lipinski definition) is 1. The number of esters is 1. The molecule has 1 aliphatic heterocycles. The number of aliphatic hydroxyl groups is 1. The van der Waals surface area contributed by atoms with Crippen LogP contribution in [0.2, 0.25) is 5.02 Å². The maximum absolute atomic E-state index is 12.3. The van der Waals surface area contributed by atoms with Crippen LogP contribution < -0.4 is 0 Å². The average Bonchev–Trinajstić information content (AvgIpc) is 2.80. The van der Waals surface area contributed by atoms with Gasteiger partial charge < -0.3 is 14.7 Å². The van der Waals surface area contributed by atoms with Crippen LogP contribution in [-0.2, 0) is 9.53 Å². The van der Waals surface area contributed by atoms with E-state index in [2.05, 4.69) is 4.74 Å². The highest BCUT2D eigenvalue weighted by Crippen LogP contribution is 2.22. The first-order chi connectivity index (χ1) is 9.02. The van der Waals surface area contributed by atoms with Crippen LogP contribution in [0.3, 0.4) is 0 Å². The van der Waals surface area contributed by atoms with Crippen LogP contribution in [0, 0.1) is 0 Å². The topological polar surface area (TPSA) is 66.8 Å². The summed E-state index contributed by atoms with van der Waals surface area (Å²) >= 11 is 5.76. The summed E-state index contributed by atoms with van der Waals surface area (Å²) in [7, 11) is 1.26. The lowest BCUT2D eigenvalue weighted by atomic mass is 10.1. The molecule has 2 rings (SSSR count). The molecule has 1 fully saturated rings. The van der Waals surface area contributed by atoms with E-state index < -0.39 is 18.1 Å². The number of benzene rings is 1. The zero-order valence-corrected chi connectivity index (χ0v) is 11.1. The van der Waals surface area contributed by atoms with Crippen molar-refractivity contribution in [3.8, 4) is 0 Å². The Hall–Kier alpha value is -1.59. The molecule has 6 heteroatoms. The lowest BCUT2D eigenvalue weighted by Crippen LogP contribution is -2.41. The molecule has 2 atom stereocenters. The number of methoxy groups -OCH3 is 1. The fourth-order valence-corrected chi connectivity index (χ4v) is 2.28. The molecule has 1 aliphatic rings. The van der Waals surface area contributed by atoms with Gasteiger partial charge in [0.1, 0.15) is 6.04 Å². The number of amides is 1. The molecule has 5 nitrogen and oxygen atoms in total.